The average Bonchev–Trinajstić information content (AvgIpc) is 3.18. The first-order chi connectivity index (χ1) is 14.1. The van der Waals surface area contributed by atoms with Gasteiger partial charge in [0.2, 0.25) is 0 Å². The highest BCUT2D eigenvalue weighted by molar-refractivity contribution is 6.78. The van der Waals surface area contributed by atoms with Crippen molar-refractivity contribution < 1.29 is 14.0 Å². The summed E-state index contributed by atoms with van der Waals surface area (Å²) in [6.45, 7) is 13.9. The van der Waals surface area contributed by atoms with Crippen molar-refractivity contribution in [3.05, 3.63) is 11.8 Å². The minimum Gasteiger partial charge on any atom is -0.545 e. The second-order valence-corrected chi connectivity index (χ2v) is 17.6. The summed E-state index contributed by atoms with van der Waals surface area (Å²) >= 11 is 0. The standard InChI is InChI=1S/C26H40O3Si/c1-15(2)30(16(3)4,17(5)6)29-23-14-19-24-20(27)7-8-22(28)26(23,24)21-13-18-9-11-25(19,21)12-10-18/h14-19,21,24H,7-13H2,1-6H3. The third-order valence-corrected chi connectivity index (χ3v) is 16.5. The van der Waals surface area contributed by atoms with Crippen LogP contribution < -0.4 is 0 Å². The van der Waals surface area contributed by atoms with Crippen LogP contribution in [0.4, 0.5) is 0 Å². The van der Waals surface area contributed by atoms with Crippen LogP contribution in [0.5, 0.6) is 0 Å². The van der Waals surface area contributed by atoms with Crippen molar-refractivity contribution in [3.8, 4) is 0 Å². The first-order valence-electron chi connectivity index (χ1n) is 12.6. The minimum atomic E-state index is -2.17. The molecule has 6 rings (SSSR count). The molecule has 6 aliphatic rings. The molecule has 0 aliphatic heterocycles. The molecule has 0 amide bonds. The van der Waals surface area contributed by atoms with Crippen LogP contribution in [0.2, 0.25) is 16.6 Å². The second-order valence-electron chi connectivity index (χ2n) is 12.2. The fraction of sp³-hybridized carbons (Fsp3) is 0.846. The van der Waals surface area contributed by atoms with Crippen LogP contribution in [0.25, 0.3) is 0 Å². The number of rotatable bonds is 5. The molecule has 4 atom stereocenters. The van der Waals surface area contributed by atoms with E-state index in [1.807, 2.05) is 0 Å². The number of Topliss-reactive ketones (excluding diaryl/α,β-unsaturated/α-hetero) is 2. The summed E-state index contributed by atoms with van der Waals surface area (Å²) in [5.41, 5.74) is 0.992. The van der Waals surface area contributed by atoms with E-state index in [1.165, 1.54) is 25.7 Å². The van der Waals surface area contributed by atoms with Gasteiger partial charge in [0, 0.05) is 18.8 Å². The van der Waals surface area contributed by atoms with Gasteiger partial charge in [-0.2, -0.15) is 0 Å². The van der Waals surface area contributed by atoms with Crippen molar-refractivity contribution in [2.24, 2.45) is 34.5 Å². The largest absolute Gasteiger partial charge is 0.545 e. The van der Waals surface area contributed by atoms with Crippen molar-refractivity contribution in [2.75, 3.05) is 0 Å². The monoisotopic (exact) mass is 428 g/mol. The number of allylic oxidation sites excluding steroid dienone is 2. The number of hydrogen-bond donors (Lipinski definition) is 0. The van der Waals surface area contributed by atoms with Crippen LogP contribution in [-0.2, 0) is 14.0 Å². The van der Waals surface area contributed by atoms with E-state index in [4.69, 9.17) is 4.43 Å². The van der Waals surface area contributed by atoms with Crippen LogP contribution in [0, 0.1) is 34.5 Å². The third-order valence-electron chi connectivity index (χ3n) is 10.5. The molecule has 30 heavy (non-hydrogen) atoms. The van der Waals surface area contributed by atoms with Gasteiger partial charge < -0.3 is 4.43 Å². The Bertz CT molecular complexity index is 779. The molecule has 0 N–H and O–H groups in total. The molecule has 0 aromatic heterocycles. The third kappa shape index (κ3) is 2.22. The van der Waals surface area contributed by atoms with E-state index in [9.17, 15) is 9.59 Å². The fourth-order valence-corrected chi connectivity index (χ4v) is 14.8. The van der Waals surface area contributed by atoms with Crippen molar-refractivity contribution >= 4 is 19.9 Å². The molecule has 0 saturated heterocycles. The van der Waals surface area contributed by atoms with E-state index in [2.05, 4.69) is 47.6 Å². The number of hydrogen-bond acceptors (Lipinski definition) is 3. The molecule has 0 aromatic rings. The Labute approximate surface area is 183 Å². The maximum absolute atomic E-state index is 13.9. The van der Waals surface area contributed by atoms with Gasteiger partial charge in [-0.1, -0.05) is 41.5 Å². The van der Waals surface area contributed by atoms with Gasteiger partial charge in [0.25, 0.3) is 8.32 Å². The highest BCUT2D eigenvalue weighted by Crippen LogP contribution is 2.78. The van der Waals surface area contributed by atoms with E-state index in [-0.39, 0.29) is 17.3 Å². The molecule has 0 radical (unpaired) electrons. The normalized spacial score (nSPS) is 42.2. The molecule has 1 spiro atoms. The zero-order valence-corrected chi connectivity index (χ0v) is 20.8. The maximum atomic E-state index is 13.9. The molecule has 4 heteroatoms. The molecule has 3 nitrogen and oxygen atoms in total. The molecule has 5 fully saturated rings. The van der Waals surface area contributed by atoms with Crippen LogP contribution in [-0.4, -0.2) is 19.9 Å². The maximum Gasteiger partial charge on any atom is 0.258 e. The lowest BCUT2D eigenvalue weighted by Gasteiger charge is -2.57. The van der Waals surface area contributed by atoms with Gasteiger partial charge in [0.05, 0.1) is 11.2 Å². The van der Waals surface area contributed by atoms with Crippen LogP contribution in [0.15, 0.2) is 11.8 Å². The Morgan fingerprint density at radius 2 is 1.57 bits per heavy atom. The zero-order valence-electron chi connectivity index (χ0n) is 19.8. The smallest absolute Gasteiger partial charge is 0.258 e. The predicted octanol–water partition coefficient (Wildman–Crippen LogP) is 6.44. The highest BCUT2D eigenvalue weighted by Gasteiger charge is 2.78. The lowest BCUT2D eigenvalue weighted by atomic mass is 9.48. The number of fused-ring (bicyclic) bond motifs is 2. The van der Waals surface area contributed by atoms with Gasteiger partial charge in [0.1, 0.15) is 11.6 Å². The molecular weight excluding hydrogens is 388 g/mol. The summed E-state index contributed by atoms with van der Waals surface area (Å²) in [6.07, 6.45) is 9.41. The van der Waals surface area contributed by atoms with E-state index >= 15 is 0 Å². The lowest BCUT2D eigenvalue weighted by molar-refractivity contribution is -0.147. The molecule has 4 bridgehead atoms. The van der Waals surface area contributed by atoms with Crippen molar-refractivity contribution in [1.29, 1.82) is 0 Å². The Hall–Kier alpha value is -0.903. The van der Waals surface area contributed by atoms with Gasteiger partial charge in [0.15, 0.2) is 0 Å². The molecule has 6 aliphatic carbocycles. The Balaban J connectivity index is 1.67. The number of ketones is 2. The van der Waals surface area contributed by atoms with Crippen molar-refractivity contribution in [1.82, 2.24) is 0 Å². The SMILES string of the molecule is CC(C)[Si](OC1=CC2C3C(=O)CCC(=O)C13C1CC3CCC21CC3)(C(C)C)C(C)C. The Kier molecular flexibility index (Phi) is 4.58. The van der Waals surface area contributed by atoms with Crippen LogP contribution in [0.3, 0.4) is 0 Å². The Morgan fingerprint density at radius 1 is 0.967 bits per heavy atom. The number of carbonyl (C=O) groups excluding carboxylic acids is 2. The van der Waals surface area contributed by atoms with Crippen LogP contribution in [0.1, 0.15) is 86.5 Å². The minimum absolute atomic E-state index is 0.117. The number of carbonyl (C=O) groups is 2. The van der Waals surface area contributed by atoms with Gasteiger partial charge in [-0.15, -0.1) is 0 Å². The zero-order chi connectivity index (χ0) is 21.6. The summed E-state index contributed by atoms with van der Waals surface area (Å²) in [4.78, 5) is 27.3. The lowest BCUT2D eigenvalue weighted by Crippen LogP contribution is -2.56. The van der Waals surface area contributed by atoms with Crippen LogP contribution >= 0.6 is 0 Å². The van der Waals surface area contributed by atoms with Crippen molar-refractivity contribution in [2.45, 2.75) is 103 Å². The molecule has 5 saturated carbocycles. The second kappa shape index (κ2) is 6.56. The van der Waals surface area contributed by atoms with Gasteiger partial charge in [-0.3, -0.25) is 9.59 Å². The first kappa shape index (κ1) is 21.0. The van der Waals surface area contributed by atoms with Crippen molar-refractivity contribution in [3.63, 3.8) is 0 Å². The Morgan fingerprint density at radius 3 is 2.13 bits per heavy atom. The summed E-state index contributed by atoms with van der Waals surface area (Å²) in [7, 11) is -2.17. The first-order valence-corrected chi connectivity index (χ1v) is 14.7. The molecule has 166 valence electrons. The molecule has 4 unspecified atom stereocenters. The van der Waals surface area contributed by atoms with E-state index < -0.39 is 13.7 Å². The summed E-state index contributed by atoms with van der Waals surface area (Å²) in [6, 6.07) is 0. The van der Waals surface area contributed by atoms with Gasteiger partial charge in [-0.05, 0) is 78.0 Å². The van der Waals surface area contributed by atoms with E-state index in [1.54, 1.807) is 0 Å². The fourth-order valence-electron chi connectivity index (χ4n) is 9.51. The average molecular weight is 429 g/mol. The summed E-state index contributed by atoms with van der Waals surface area (Å²) < 4.78 is 7.28. The highest BCUT2D eigenvalue weighted by atomic mass is 28.4. The summed E-state index contributed by atoms with van der Waals surface area (Å²) in [5, 5.41) is 0. The molecular formula is C26H40O3Si. The quantitative estimate of drug-likeness (QED) is 0.473. The summed E-state index contributed by atoms with van der Waals surface area (Å²) in [5.74, 6) is 2.90. The van der Waals surface area contributed by atoms with Gasteiger partial charge >= 0.3 is 0 Å². The van der Waals surface area contributed by atoms with Gasteiger partial charge in [-0.25, -0.2) is 0 Å². The van der Waals surface area contributed by atoms with E-state index in [0.29, 0.717) is 46.9 Å². The molecule has 0 heterocycles. The van der Waals surface area contributed by atoms with E-state index in [0.717, 1.165) is 18.1 Å². The molecule has 0 aromatic carbocycles. The predicted molar refractivity (Wildman–Crippen MR) is 121 cm³/mol. The topological polar surface area (TPSA) is 43.4 Å².